The van der Waals surface area contributed by atoms with E-state index >= 15 is 0 Å². The zero-order chi connectivity index (χ0) is 29.1. The number of rotatable bonds is 9. The number of carbonyl (C=O) groups is 2. The van der Waals surface area contributed by atoms with E-state index in [1.165, 1.54) is 11.3 Å². The van der Waals surface area contributed by atoms with Gasteiger partial charge in [-0.05, 0) is 61.4 Å². The largest absolute Gasteiger partial charge is 0.397 e. The lowest BCUT2D eigenvalue weighted by atomic mass is 10.0. The number of nitrogens with two attached hydrogens (primary N) is 2. The number of benzene rings is 1. The van der Waals surface area contributed by atoms with Crippen LogP contribution in [0.2, 0.25) is 0 Å². The molecule has 0 saturated carbocycles. The summed E-state index contributed by atoms with van der Waals surface area (Å²) in [7, 11) is 0. The van der Waals surface area contributed by atoms with Crippen molar-refractivity contribution in [3.8, 4) is 0 Å². The number of carbonyl (C=O) groups excluding carboxylic acids is 2. The fourth-order valence-corrected chi connectivity index (χ4v) is 6.79. The minimum atomic E-state index is -0.674. The first-order valence-electron chi connectivity index (χ1n) is 14.5. The summed E-state index contributed by atoms with van der Waals surface area (Å²) in [5.41, 5.74) is 14.7. The highest BCUT2D eigenvalue weighted by molar-refractivity contribution is 7.21. The Morgan fingerprint density at radius 3 is 2.44 bits per heavy atom. The monoisotopic (exact) mass is 580 g/mol. The number of amides is 2. The molecule has 1 atom stereocenters. The van der Waals surface area contributed by atoms with E-state index in [0.29, 0.717) is 48.6 Å². The first-order valence-corrected chi connectivity index (χ1v) is 15.3. The van der Waals surface area contributed by atoms with Crippen LogP contribution in [0.25, 0.3) is 10.2 Å². The Morgan fingerprint density at radius 1 is 1.12 bits per heavy atom. The Hall–Kier alpha value is -3.25. The minimum absolute atomic E-state index is 0.0332. The van der Waals surface area contributed by atoms with Gasteiger partial charge < -0.3 is 36.8 Å². The lowest BCUT2D eigenvalue weighted by Gasteiger charge is -2.34. The van der Waals surface area contributed by atoms with Gasteiger partial charge in [0.1, 0.15) is 15.5 Å². The lowest BCUT2D eigenvalue weighted by molar-refractivity contribution is 0.0546. The molecule has 41 heavy (non-hydrogen) atoms. The highest BCUT2D eigenvalue weighted by Crippen LogP contribution is 2.37. The molecule has 2 amide bonds. The Kier molecular flexibility index (Phi) is 9.08. The number of thiophene rings is 1. The SMILES string of the molecule is CCCc1cc(N2CCC(NCC(O)c3ccc(C(=O)N4CCC(O)CC4)cc3)CC2)nc2sc(C(N)=O)c(N)c12. The van der Waals surface area contributed by atoms with Crippen molar-refractivity contribution >= 4 is 44.9 Å². The number of nitrogens with one attached hydrogen (secondary N) is 1. The van der Waals surface area contributed by atoms with Crippen LogP contribution in [0, 0.1) is 0 Å². The van der Waals surface area contributed by atoms with Gasteiger partial charge in [-0.2, -0.15) is 0 Å². The molecule has 1 aromatic carbocycles. The van der Waals surface area contributed by atoms with Crippen molar-refractivity contribution in [2.75, 3.05) is 43.4 Å². The van der Waals surface area contributed by atoms with E-state index in [0.717, 1.165) is 65.9 Å². The number of fused-ring (bicyclic) bond motifs is 1. The van der Waals surface area contributed by atoms with Gasteiger partial charge in [0.2, 0.25) is 0 Å². The highest BCUT2D eigenvalue weighted by Gasteiger charge is 2.25. The van der Waals surface area contributed by atoms with Crippen LogP contribution < -0.4 is 21.7 Å². The van der Waals surface area contributed by atoms with Gasteiger partial charge in [0.15, 0.2) is 0 Å². The van der Waals surface area contributed by atoms with Gasteiger partial charge in [-0.15, -0.1) is 11.3 Å². The van der Waals surface area contributed by atoms with E-state index in [1.807, 2.05) is 12.1 Å². The average molecular weight is 581 g/mol. The number of anilines is 2. The molecule has 0 spiro atoms. The van der Waals surface area contributed by atoms with E-state index in [-0.39, 0.29) is 18.1 Å². The van der Waals surface area contributed by atoms with Gasteiger partial charge in [0.25, 0.3) is 11.8 Å². The number of nitrogen functional groups attached to an aromatic ring is 1. The van der Waals surface area contributed by atoms with Gasteiger partial charge in [-0.1, -0.05) is 25.5 Å². The normalized spacial score (nSPS) is 17.7. The van der Waals surface area contributed by atoms with Crippen LogP contribution >= 0.6 is 11.3 Å². The van der Waals surface area contributed by atoms with Crippen molar-refractivity contribution in [3.05, 3.63) is 51.9 Å². The summed E-state index contributed by atoms with van der Waals surface area (Å²) < 4.78 is 0. The van der Waals surface area contributed by atoms with Gasteiger partial charge in [0, 0.05) is 49.7 Å². The highest BCUT2D eigenvalue weighted by atomic mass is 32.1. The van der Waals surface area contributed by atoms with Crippen LogP contribution in [0.1, 0.15) is 76.3 Å². The maximum atomic E-state index is 12.7. The Balaban J connectivity index is 1.15. The maximum absolute atomic E-state index is 12.7. The number of hydrogen-bond donors (Lipinski definition) is 5. The third-order valence-corrected chi connectivity index (χ3v) is 9.34. The molecule has 10 nitrogen and oxygen atoms in total. The smallest absolute Gasteiger partial charge is 0.260 e. The predicted octanol–water partition coefficient (Wildman–Crippen LogP) is 2.82. The molecule has 1 unspecified atom stereocenters. The van der Waals surface area contributed by atoms with E-state index in [1.54, 1.807) is 17.0 Å². The van der Waals surface area contributed by atoms with Crippen LogP contribution in [0.5, 0.6) is 0 Å². The molecular weight excluding hydrogens is 540 g/mol. The molecule has 0 aliphatic carbocycles. The molecule has 11 heteroatoms. The molecular formula is C30H40N6O4S. The number of piperidine rings is 2. The number of pyridine rings is 1. The quantitative estimate of drug-likeness (QED) is 0.259. The zero-order valence-electron chi connectivity index (χ0n) is 23.5. The number of likely N-dealkylation sites (tertiary alicyclic amines) is 1. The third-order valence-electron chi connectivity index (χ3n) is 8.22. The molecule has 5 rings (SSSR count). The van der Waals surface area contributed by atoms with Crippen LogP contribution in [0.4, 0.5) is 11.5 Å². The number of hydrogen-bond acceptors (Lipinski definition) is 9. The fourth-order valence-electron chi connectivity index (χ4n) is 5.80. The molecule has 2 aliphatic heterocycles. The van der Waals surface area contributed by atoms with Gasteiger partial charge >= 0.3 is 0 Å². The number of primary amides is 1. The average Bonchev–Trinajstić information content (AvgIpc) is 3.33. The topological polar surface area (TPSA) is 158 Å². The Morgan fingerprint density at radius 2 is 1.80 bits per heavy atom. The van der Waals surface area contributed by atoms with Crippen molar-refractivity contribution in [1.82, 2.24) is 15.2 Å². The maximum Gasteiger partial charge on any atom is 0.260 e. The second kappa shape index (κ2) is 12.7. The van der Waals surface area contributed by atoms with Crippen molar-refractivity contribution < 1.29 is 19.8 Å². The second-order valence-electron chi connectivity index (χ2n) is 11.1. The zero-order valence-corrected chi connectivity index (χ0v) is 24.3. The van der Waals surface area contributed by atoms with Crippen LogP contribution in [-0.4, -0.2) is 76.8 Å². The Bertz CT molecular complexity index is 1380. The van der Waals surface area contributed by atoms with E-state index in [2.05, 4.69) is 23.2 Å². The summed E-state index contributed by atoms with van der Waals surface area (Å²) in [5.74, 6) is 0.341. The molecule has 2 aliphatic rings. The number of aromatic nitrogens is 1. The molecule has 0 radical (unpaired) electrons. The second-order valence-corrected chi connectivity index (χ2v) is 12.1. The third kappa shape index (κ3) is 6.48. The molecule has 3 aromatic rings. The van der Waals surface area contributed by atoms with Crippen molar-refractivity contribution in [1.29, 1.82) is 0 Å². The van der Waals surface area contributed by atoms with Gasteiger partial charge in [0.05, 0.1) is 17.9 Å². The van der Waals surface area contributed by atoms with E-state index in [9.17, 15) is 19.8 Å². The van der Waals surface area contributed by atoms with Crippen LogP contribution in [0.15, 0.2) is 30.3 Å². The summed E-state index contributed by atoms with van der Waals surface area (Å²) in [4.78, 5) is 34.6. The Labute approximate surface area is 244 Å². The standard InChI is InChI=1S/C30H40N6O4S/c1-2-3-20-16-24(34-29-25(20)26(31)27(41-29)28(32)39)35-12-8-21(9-13-35)33-17-23(38)18-4-6-19(7-5-18)30(40)36-14-10-22(37)11-15-36/h4-7,16,21-23,33,37-38H,2-3,8-15,17,31H2,1H3,(H2,32,39). The van der Waals surface area contributed by atoms with Gasteiger partial charge in [-0.25, -0.2) is 4.98 Å². The summed E-state index contributed by atoms with van der Waals surface area (Å²) in [6.45, 7) is 5.33. The lowest BCUT2D eigenvalue weighted by Crippen LogP contribution is -2.44. The predicted molar refractivity (Wildman–Crippen MR) is 162 cm³/mol. The van der Waals surface area contributed by atoms with Crippen LogP contribution in [0.3, 0.4) is 0 Å². The first kappa shape index (κ1) is 29.2. The molecule has 2 saturated heterocycles. The number of aliphatic hydroxyl groups excluding tert-OH is 2. The van der Waals surface area contributed by atoms with Crippen LogP contribution in [-0.2, 0) is 6.42 Å². The fraction of sp³-hybridized carbons (Fsp3) is 0.500. The van der Waals surface area contributed by atoms with E-state index in [4.69, 9.17) is 16.5 Å². The number of aliphatic hydroxyl groups is 2. The van der Waals surface area contributed by atoms with Crippen molar-refractivity contribution in [2.45, 2.75) is 63.7 Å². The molecule has 2 aromatic heterocycles. The summed E-state index contributed by atoms with van der Waals surface area (Å²) >= 11 is 1.26. The van der Waals surface area contributed by atoms with Gasteiger partial charge in [-0.3, -0.25) is 9.59 Å². The summed E-state index contributed by atoms with van der Waals surface area (Å²) in [6, 6.07) is 9.55. The van der Waals surface area contributed by atoms with E-state index < -0.39 is 12.0 Å². The number of nitrogens with zero attached hydrogens (tertiary/aromatic N) is 3. The van der Waals surface area contributed by atoms with Crippen molar-refractivity contribution in [2.24, 2.45) is 5.73 Å². The summed E-state index contributed by atoms with van der Waals surface area (Å²) in [6.07, 6.45) is 3.85. The molecule has 2 fully saturated rings. The molecule has 7 N–H and O–H groups in total. The molecule has 220 valence electrons. The summed E-state index contributed by atoms with van der Waals surface area (Å²) in [5, 5.41) is 24.8. The molecule has 0 bridgehead atoms. The first-order chi connectivity index (χ1) is 19.7. The van der Waals surface area contributed by atoms with Crippen molar-refractivity contribution in [3.63, 3.8) is 0 Å². The molecule has 4 heterocycles. The number of aryl methyl sites for hydroxylation is 1. The minimum Gasteiger partial charge on any atom is -0.397 e.